The van der Waals surface area contributed by atoms with Gasteiger partial charge in [0.25, 0.3) is 0 Å². The summed E-state index contributed by atoms with van der Waals surface area (Å²) in [7, 11) is 0. The molecule has 1 N–H and O–H groups in total. The molecule has 0 aromatic carbocycles. The van der Waals surface area contributed by atoms with Gasteiger partial charge in [-0.05, 0) is 36.4 Å². The summed E-state index contributed by atoms with van der Waals surface area (Å²) < 4.78 is 0. The SMILES string of the molecule is CCCNc1nc(Sc2ccccn2)c(Cl)cc1Cl. The molecule has 0 aliphatic carbocycles. The van der Waals surface area contributed by atoms with Gasteiger partial charge < -0.3 is 5.32 Å². The van der Waals surface area contributed by atoms with E-state index in [0.717, 1.165) is 18.0 Å². The zero-order chi connectivity index (χ0) is 13.7. The van der Waals surface area contributed by atoms with E-state index in [1.807, 2.05) is 18.2 Å². The maximum atomic E-state index is 6.16. The Hall–Kier alpha value is -0.970. The van der Waals surface area contributed by atoms with Crippen molar-refractivity contribution in [2.24, 2.45) is 0 Å². The molecule has 0 bridgehead atoms. The van der Waals surface area contributed by atoms with Gasteiger partial charge in [-0.1, -0.05) is 36.2 Å². The Labute approximate surface area is 126 Å². The summed E-state index contributed by atoms with van der Waals surface area (Å²) in [6.07, 6.45) is 2.74. The zero-order valence-electron chi connectivity index (χ0n) is 10.4. The van der Waals surface area contributed by atoms with Crippen molar-refractivity contribution in [2.45, 2.75) is 23.4 Å². The first-order valence-electron chi connectivity index (χ1n) is 5.89. The van der Waals surface area contributed by atoms with Gasteiger partial charge in [-0.2, -0.15) is 0 Å². The van der Waals surface area contributed by atoms with Crippen molar-refractivity contribution in [2.75, 3.05) is 11.9 Å². The van der Waals surface area contributed by atoms with Crippen LogP contribution >= 0.6 is 35.0 Å². The van der Waals surface area contributed by atoms with Crippen LogP contribution in [0.2, 0.25) is 10.0 Å². The van der Waals surface area contributed by atoms with Gasteiger partial charge in [0, 0.05) is 12.7 Å². The molecule has 0 spiro atoms. The third kappa shape index (κ3) is 4.00. The first-order valence-corrected chi connectivity index (χ1v) is 7.46. The van der Waals surface area contributed by atoms with Gasteiger partial charge in [0.1, 0.15) is 15.9 Å². The number of hydrogen-bond donors (Lipinski definition) is 1. The number of aromatic nitrogens is 2. The fourth-order valence-electron chi connectivity index (χ4n) is 1.40. The molecule has 0 saturated carbocycles. The van der Waals surface area contributed by atoms with Gasteiger partial charge in [0.05, 0.1) is 10.0 Å². The standard InChI is InChI=1S/C13H13Cl2N3S/c1-2-6-17-12-9(14)8-10(15)13(18-12)19-11-5-3-4-7-16-11/h3-5,7-8H,2,6H2,1H3,(H,17,18). The number of nitrogens with one attached hydrogen (secondary N) is 1. The van der Waals surface area contributed by atoms with E-state index in [1.54, 1.807) is 12.3 Å². The predicted molar refractivity (Wildman–Crippen MR) is 81.4 cm³/mol. The Morgan fingerprint density at radius 3 is 2.79 bits per heavy atom. The van der Waals surface area contributed by atoms with Crippen LogP contribution in [0.25, 0.3) is 0 Å². The second-order valence-corrected chi connectivity index (χ2v) is 5.63. The molecule has 0 aliphatic rings. The van der Waals surface area contributed by atoms with Gasteiger partial charge >= 0.3 is 0 Å². The van der Waals surface area contributed by atoms with Crippen molar-refractivity contribution in [3.8, 4) is 0 Å². The van der Waals surface area contributed by atoms with E-state index < -0.39 is 0 Å². The molecular formula is C13H13Cl2N3S. The van der Waals surface area contributed by atoms with E-state index in [4.69, 9.17) is 23.2 Å². The van der Waals surface area contributed by atoms with Gasteiger partial charge in [0.2, 0.25) is 0 Å². The van der Waals surface area contributed by atoms with Crippen molar-refractivity contribution in [3.63, 3.8) is 0 Å². The van der Waals surface area contributed by atoms with E-state index in [-0.39, 0.29) is 0 Å². The van der Waals surface area contributed by atoms with Gasteiger partial charge in [0.15, 0.2) is 0 Å². The fraction of sp³-hybridized carbons (Fsp3) is 0.231. The Morgan fingerprint density at radius 2 is 2.11 bits per heavy atom. The average molecular weight is 314 g/mol. The van der Waals surface area contributed by atoms with Crippen molar-refractivity contribution in [1.82, 2.24) is 9.97 Å². The molecule has 0 radical (unpaired) electrons. The first-order chi connectivity index (χ1) is 9.20. The summed E-state index contributed by atoms with van der Waals surface area (Å²) >= 11 is 13.7. The van der Waals surface area contributed by atoms with Crippen molar-refractivity contribution in [1.29, 1.82) is 0 Å². The molecule has 2 heterocycles. The van der Waals surface area contributed by atoms with Crippen LogP contribution < -0.4 is 5.32 Å². The number of hydrogen-bond acceptors (Lipinski definition) is 4. The van der Waals surface area contributed by atoms with Crippen LogP contribution in [0.1, 0.15) is 13.3 Å². The fourth-order valence-corrected chi connectivity index (χ4v) is 2.69. The topological polar surface area (TPSA) is 37.8 Å². The van der Waals surface area contributed by atoms with Crippen molar-refractivity contribution in [3.05, 3.63) is 40.5 Å². The summed E-state index contributed by atoms with van der Waals surface area (Å²) in [5.41, 5.74) is 0. The highest BCUT2D eigenvalue weighted by Gasteiger charge is 2.10. The highest BCUT2D eigenvalue weighted by atomic mass is 35.5. The highest BCUT2D eigenvalue weighted by molar-refractivity contribution is 7.99. The summed E-state index contributed by atoms with van der Waals surface area (Å²) in [4.78, 5) is 8.69. The molecule has 2 aromatic heterocycles. The monoisotopic (exact) mass is 313 g/mol. The van der Waals surface area contributed by atoms with E-state index in [9.17, 15) is 0 Å². The lowest BCUT2D eigenvalue weighted by molar-refractivity contribution is 0.959. The van der Waals surface area contributed by atoms with Crippen molar-refractivity contribution >= 4 is 40.8 Å². The first kappa shape index (κ1) is 14.4. The lowest BCUT2D eigenvalue weighted by Gasteiger charge is -2.09. The quantitative estimate of drug-likeness (QED) is 0.863. The molecule has 3 nitrogen and oxygen atoms in total. The molecule has 19 heavy (non-hydrogen) atoms. The highest BCUT2D eigenvalue weighted by Crippen LogP contribution is 2.34. The molecule has 0 atom stereocenters. The lowest BCUT2D eigenvalue weighted by Crippen LogP contribution is -2.03. The van der Waals surface area contributed by atoms with E-state index >= 15 is 0 Å². The van der Waals surface area contributed by atoms with Crippen LogP contribution in [-0.2, 0) is 0 Å². The molecule has 0 unspecified atom stereocenters. The minimum Gasteiger partial charge on any atom is -0.369 e. The van der Waals surface area contributed by atoms with Crippen LogP contribution in [0, 0.1) is 0 Å². The van der Waals surface area contributed by atoms with Crippen molar-refractivity contribution < 1.29 is 0 Å². The largest absolute Gasteiger partial charge is 0.369 e. The van der Waals surface area contributed by atoms with E-state index in [1.165, 1.54) is 11.8 Å². The second kappa shape index (κ2) is 6.98. The predicted octanol–water partition coefficient (Wildman–Crippen LogP) is 4.76. The van der Waals surface area contributed by atoms with E-state index in [2.05, 4.69) is 22.2 Å². The average Bonchev–Trinajstić information content (AvgIpc) is 2.42. The van der Waals surface area contributed by atoms with Crippen LogP contribution in [0.5, 0.6) is 0 Å². The molecule has 100 valence electrons. The lowest BCUT2D eigenvalue weighted by atomic mass is 10.4. The maximum absolute atomic E-state index is 6.16. The molecule has 6 heteroatoms. The molecule has 0 fully saturated rings. The smallest absolute Gasteiger partial charge is 0.146 e. The van der Waals surface area contributed by atoms with Crippen LogP contribution in [0.3, 0.4) is 0 Å². The van der Waals surface area contributed by atoms with Crippen LogP contribution in [-0.4, -0.2) is 16.5 Å². The number of rotatable bonds is 5. The van der Waals surface area contributed by atoms with Crippen LogP contribution in [0.4, 0.5) is 5.82 Å². The molecule has 2 rings (SSSR count). The molecule has 0 saturated heterocycles. The molecule has 0 aliphatic heterocycles. The van der Waals surface area contributed by atoms with Crippen LogP contribution in [0.15, 0.2) is 40.5 Å². The summed E-state index contributed by atoms with van der Waals surface area (Å²) in [6.45, 7) is 2.91. The third-order valence-corrected chi connectivity index (χ3v) is 3.92. The van der Waals surface area contributed by atoms with Gasteiger partial charge in [-0.3, -0.25) is 0 Å². The van der Waals surface area contributed by atoms with Gasteiger partial charge in [-0.25, -0.2) is 9.97 Å². The number of halogens is 2. The zero-order valence-corrected chi connectivity index (χ0v) is 12.7. The number of anilines is 1. The second-order valence-electron chi connectivity index (χ2n) is 3.80. The molecule has 0 amide bonds. The minimum absolute atomic E-state index is 0.530. The van der Waals surface area contributed by atoms with Gasteiger partial charge in [-0.15, -0.1) is 0 Å². The Balaban J connectivity index is 2.24. The maximum Gasteiger partial charge on any atom is 0.146 e. The van der Waals surface area contributed by atoms with E-state index in [0.29, 0.717) is 20.9 Å². The molecule has 2 aromatic rings. The Morgan fingerprint density at radius 1 is 1.26 bits per heavy atom. The Bertz CT molecular complexity index is 549. The summed E-state index contributed by atoms with van der Waals surface area (Å²) in [6, 6.07) is 7.42. The number of pyridine rings is 2. The Kier molecular flexibility index (Phi) is 5.31. The normalized spacial score (nSPS) is 10.5. The third-order valence-electron chi connectivity index (χ3n) is 2.28. The minimum atomic E-state index is 0.530. The number of nitrogens with zero attached hydrogens (tertiary/aromatic N) is 2. The molecular weight excluding hydrogens is 301 g/mol. The summed E-state index contributed by atoms with van der Waals surface area (Å²) in [5, 5.41) is 5.79. The summed E-state index contributed by atoms with van der Waals surface area (Å²) in [5.74, 6) is 0.659.